The highest BCUT2D eigenvalue weighted by Crippen LogP contribution is 2.22. The average Bonchev–Trinajstić information content (AvgIpc) is 3.08. The van der Waals surface area contributed by atoms with Crippen molar-refractivity contribution in [3.63, 3.8) is 0 Å². The van der Waals surface area contributed by atoms with Crippen LogP contribution in [0, 0.1) is 0 Å². The number of hydrogen-bond donors (Lipinski definition) is 2. The van der Waals surface area contributed by atoms with Gasteiger partial charge in [0.15, 0.2) is 5.69 Å². The fourth-order valence-corrected chi connectivity index (χ4v) is 2.37. The van der Waals surface area contributed by atoms with Crippen molar-refractivity contribution in [2.75, 3.05) is 13.2 Å². The smallest absolute Gasteiger partial charge is 0.271 e. The second-order valence-electron chi connectivity index (χ2n) is 4.67. The third-order valence-electron chi connectivity index (χ3n) is 2.65. The van der Waals surface area contributed by atoms with Crippen molar-refractivity contribution in [3.05, 3.63) is 29.3 Å². The molecule has 2 heterocycles. The molecule has 0 aromatic carbocycles. The molecule has 6 heteroatoms. The molecule has 20 heavy (non-hydrogen) atoms. The Morgan fingerprint density at radius 3 is 3.10 bits per heavy atom. The van der Waals surface area contributed by atoms with Gasteiger partial charge in [-0.2, -0.15) is 5.10 Å². The molecule has 0 saturated carbocycles. The minimum Gasteiger partial charge on any atom is -0.379 e. The molecule has 5 nitrogen and oxygen atoms in total. The van der Waals surface area contributed by atoms with Gasteiger partial charge in [-0.05, 0) is 37.8 Å². The minimum atomic E-state index is -0.159. The summed E-state index contributed by atoms with van der Waals surface area (Å²) in [7, 11) is 0. The summed E-state index contributed by atoms with van der Waals surface area (Å²) in [6.07, 6.45) is 1.02. The number of rotatable bonds is 7. The van der Waals surface area contributed by atoms with Crippen molar-refractivity contribution in [1.29, 1.82) is 0 Å². The van der Waals surface area contributed by atoms with Gasteiger partial charge in [-0.3, -0.25) is 9.89 Å². The first-order chi connectivity index (χ1) is 9.66. The third kappa shape index (κ3) is 4.18. The zero-order valence-electron chi connectivity index (χ0n) is 11.7. The van der Waals surface area contributed by atoms with Crippen molar-refractivity contribution < 1.29 is 9.53 Å². The van der Waals surface area contributed by atoms with Crippen LogP contribution in [0.1, 0.15) is 30.8 Å². The summed E-state index contributed by atoms with van der Waals surface area (Å²) in [5.74, 6) is -0.159. The van der Waals surface area contributed by atoms with E-state index in [4.69, 9.17) is 4.74 Å². The van der Waals surface area contributed by atoms with Gasteiger partial charge in [0.2, 0.25) is 0 Å². The van der Waals surface area contributed by atoms with E-state index in [2.05, 4.69) is 15.5 Å². The molecule has 0 aliphatic heterocycles. The molecule has 0 atom stereocenters. The van der Waals surface area contributed by atoms with E-state index < -0.39 is 0 Å². The summed E-state index contributed by atoms with van der Waals surface area (Å²) in [5, 5.41) is 11.7. The highest BCUT2D eigenvalue weighted by Gasteiger charge is 2.11. The molecule has 0 radical (unpaired) electrons. The van der Waals surface area contributed by atoms with E-state index in [0.29, 0.717) is 18.8 Å². The van der Waals surface area contributed by atoms with E-state index in [9.17, 15) is 4.79 Å². The maximum Gasteiger partial charge on any atom is 0.271 e. The molecular formula is C14H19N3O2S. The molecule has 2 N–H and O–H groups in total. The fourth-order valence-electron chi connectivity index (χ4n) is 1.68. The van der Waals surface area contributed by atoms with Crippen molar-refractivity contribution in [2.45, 2.75) is 26.4 Å². The first-order valence-corrected chi connectivity index (χ1v) is 7.54. The molecule has 0 fully saturated rings. The van der Waals surface area contributed by atoms with Gasteiger partial charge in [0.25, 0.3) is 5.91 Å². The molecule has 0 saturated heterocycles. The largest absolute Gasteiger partial charge is 0.379 e. The lowest BCUT2D eigenvalue weighted by Gasteiger charge is -2.07. The first kappa shape index (κ1) is 14.7. The van der Waals surface area contributed by atoms with E-state index in [1.165, 1.54) is 0 Å². The second-order valence-corrected chi connectivity index (χ2v) is 5.62. The monoisotopic (exact) mass is 293 g/mol. The van der Waals surface area contributed by atoms with E-state index in [1.807, 2.05) is 31.4 Å². The van der Waals surface area contributed by atoms with E-state index in [-0.39, 0.29) is 12.0 Å². The van der Waals surface area contributed by atoms with Gasteiger partial charge in [-0.25, -0.2) is 0 Å². The van der Waals surface area contributed by atoms with E-state index in [1.54, 1.807) is 17.4 Å². The van der Waals surface area contributed by atoms with Gasteiger partial charge < -0.3 is 10.1 Å². The lowest BCUT2D eigenvalue weighted by molar-refractivity contribution is 0.0756. The van der Waals surface area contributed by atoms with Crippen LogP contribution in [-0.2, 0) is 4.74 Å². The van der Waals surface area contributed by atoms with Crippen LogP contribution in [0.2, 0.25) is 0 Å². The summed E-state index contributed by atoms with van der Waals surface area (Å²) >= 11 is 1.61. The highest BCUT2D eigenvalue weighted by molar-refractivity contribution is 7.13. The number of carbonyl (C=O) groups excluding carboxylic acids is 1. The molecule has 2 aromatic heterocycles. The molecule has 0 unspecified atom stereocenters. The van der Waals surface area contributed by atoms with Crippen molar-refractivity contribution in [2.24, 2.45) is 0 Å². The predicted octanol–water partition coefficient (Wildman–Crippen LogP) is 2.68. The van der Waals surface area contributed by atoms with Gasteiger partial charge in [-0.1, -0.05) is 6.07 Å². The minimum absolute atomic E-state index is 0.159. The predicted molar refractivity (Wildman–Crippen MR) is 79.9 cm³/mol. The third-order valence-corrected chi connectivity index (χ3v) is 3.56. The maximum atomic E-state index is 11.9. The lowest BCUT2D eigenvalue weighted by Crippen LogP contribution is -2.25. The number of carbonyl (C=O) groups is 1. The van der Waals surface area contributed by atoms with Gasteiger partial charge >= 0.3 is 0 Å². The molecule has 0 aliphatic carbocycles. The van der Waals surface area contributed by atoms with Crippen LogP contribution in [0.5, 0.6) is 0 Å². The number of amides is 1. The SMILES string of the molecule is CC(C)OCCCNC(=O)c1cc(-c2cccs2)[nH]n1. The molecule has 2 rings (SSSR count). The van der Waals surface area contributed by atoms with Crippen LogP contribution < -0.4 is 5.32 Å². The number of aromatic amines is 1. The van der Waals surface area contributed by atoms with Crippen molar-refractivity contribution >= 4 is 17.2 Å². The van der Waals surface area contributed by atoms with Gasteiger partial charge in [-0.15, -0.1) is 11.3 Å². The van der Waals surface area contributed by atoms with Gasteiger partial charge in [0.05, 0.1) is 16.7 Å². The van der Waals surface area contributed by atoms with Gasteiger partial charge in [0, 0.05) is 13.2 Å². The quantitative estimate of drug-likeness (QED) is 0.771. The highest BCUT2D eigenvalue weighted by atomic mass is 32.1. The van der Waals surface area contributed by atoms with Crippen LogP contribution in [0.4, 0.5) is 0 Å². The maximum absolute atomic E-state index is 11.9. The number of ether oxygens (including phenoxy) is 1. The lowest BCUT2D eigenvalue weighted by atomic mass is 10.3. The molecule has 0 aliphatic rings. The summed E-state index contributed by atoms with van der Waals surface area (Å²) in [6.45, 7) is 5.23. The summed E-state index contributed by atoms with van der Waals surface area (Å²) in [4.78, 5) is 13.0. The number of nitrogens with one attached hydrogen (secondary N) is 2. The van der Waals surface area contributed by atoms with E-state index >= 15 is 0 Å². The standard InChI is InChI=1S/C14H19N3O2S/c1-10(2)19-7-4-6-15-14(18)12-9-11(16-17-12)13-5-3-8-20-13/h3,5,8-10H,4,6-7H2,1-2H3,(H,15,18)(H,16,17). The zero-order chi connectivity index (χ0) is 14.4. The van der Waals surface area contributed by atoms with Crippen molar-refractivity contribution in [3.8, 4) is 10.6 Å². The Labute approximate surface area is 122 Å². The zero-order valence-corrected chi connectivity index (χ0v) is 12.5. The topological polar surface area (TPSA) is 67.0 Å². The molecular weight excluding hydrogens is 274 g/mol. The van der Waals surface area contributed by atoms with Crippen LogP contribution >= 0.6 is 11.3 Å². The average molecular weight is 293 g/mol. The number of thiophene rings is 1. The summed E-state index contributed by atoms with van der Waals surface area (Å²) in [5.41, 5.74) is 1.28. The van der Waals surface area contributed by atoms with Crippen LogP contribution in [-0.4, -0.2) is 35.4 Å². The Kier molecular flexibility index (Phi) is 5.31. The normalized spacial score (nSPS) is 10.9. The molecule has 1 amide bonds. The van der Waals surface area contributed by atoms with E-state index in [0.717, 1.165) is 17.0 Å². The van der Waals surface area contributed by atoms with Crippen LogP contribution in [0.25, 0.3) is 10.6 Å². The number of H-pyrrole nitrogens is 1. The number of hydrogen-bond acceptors (Lipinski definition) is 4. The summed E-state index contributed by atoms with van der Waals surface area (Å²) < 4.78 is 5.41. The van der Waals surface area contributed by atoms with Crippen LogP contribution in [0.3, 0.4) is 0 Å². The molecule has 0 bridgehead atoms. The molecule has 2 aromatic rings. The molecule has 108 valence electrons. The Balaban J connectivity index is 1.78. The Hall–Kier alpha value is -1.66. The Morgan fingerprint density at radius 2 is 2.40 bits per heavy atom. The Morgan fingerprint density at radius 1 is 1.55 bits per heavy atom. The van der Waals surface area contributed by atoms with Crippen molar-refractivity contribution in [1.82, 2.24) is 15.5 Å². The number of aromatic nitrogens is 2. The fraction of sp³-hybridized carbons (Fsp3) is 0.429. The Bertz CT molecular complexity index is 534. The van der Waals surface area contributed by atoms with Crippen LogP contribution in [0.15, 0.2) is 23.6 Å². The molecule has 0 spiro atoms. The summed E-state index contributed by atoms with van der Waals surface area (Å²) in [6, 6.07) is 5.73. The van der Waals surface area contributed by atoms with Gasteiger partial charge in [0.1, 0.15) is 0 Å². The second kappa shape index (κ2) is 7.21. The number of nitrogens with zero attached hydrogens (tertiary/aromatic N) is 1. The first-order valence-electron chi connectivity index (χ1n) is 6.66.